The van der Waals surface area contributed by atoms with Gasteiger partial charge >= 0.3 is 0 Å². The fourth-order valence-corrected chi connectivity index (χ4v) is 2.80. The molecule has 0 bridgehead atoms. The number of anilines is 1. The van der Waals surface area contributed by atoms with E-state index in [4.69, 9.17) is 22.1 Å². The van der Waals surface area contributed by atoms with E-state index in [0.29, 0.717) is 28.4 Å². The van der Waals surface area contributed by atoms with Crippen molar-refractivity contribution in [2.45, 2.75) is 25.8 Å². The Labute approximate surface area is 140 Å². The average Bonchev–Trinajstić information content (AvgIpc) is 2.51. The van der Waals surface area contributed by atoms with Crippen molar-refractivity contribution in [2.75, 3.05) is 4.90 Å². The molecule has 0 spiro atoms. The lowest BCUT2D eigenvalue weighted by molar-refractivity contribution is -0.118. The molecule has 1 aliphatic heterocycles. The number of carbonyl (C=O) groups is 1. The first kappa shape index (κ1) is 16.6. The third kappa shape index (κ3) is 3.36. The number of carbonyl (C=O) groups excluding carboxylic acids is 1. The van der Waals surface area contributed by atoms with Crippen LogP contribution < -0.4 is 10.2 Å². The van der Waals surface area contributed by atoms with E-state index in [2.05, 4.69) is 18.0 Å². The van der Waals surface area contributed by atoms with E-state index in [9.17, 15) is 4.79 Å². The van der Waals surface area contributed by atoms with Gasteiger partial charge in [0.2, 0.25) is 0 Å². The number of halogens is 1. The van der Waals surface area contributed by atoms with Crippen LogP contribution in [0, 0.1) is 22.7 Å². The second-order valence-electron chi connectivity index (χ2n) is 5.19. The highest BCUT2D eigenvalue weighted by Gasteiger charge is 2.28. The highest BCUT2D eigenvalue weighted by molar-refractivity contribution is 6.32. The number of hydrogen-bond acceptors (Lipinski definition) is 4. The zero-order chi connectivity index (χ0) is 17.0. The Hall–Kier alpha value is -2.76. The predicted molar refractivity (Wildman–Crippen MR) is 88.3 cm³/mol. The minimum Gasteiger partial charge on any atom is -0.347 e. The van der Waals surface area contributed by atoms with Crippen LogP contribution in [0.1, 0.15) is 25.3 Å². The standard InChI is InChI=1S/C17H15ClN4O/c1-3-22(14-5-4-12(10-20)15(18)9-14)16-11(2)8-13(6-7-19)21-17(16)23/h3-5,9,13H,1,6,8H2,2H3,(H,21,23). The van der Waals surface area contributed by atoms with Crippen molar-refractivity contribution < 1.29 is 4.79 Å². The summed E-state index contributed by atoms with van der Waals surface area (Å²) in [6.07, 6.45) is 2.40. The van der Waals surface area contributed by atoms with Gasteiger partial charge in [0.15, 0.2) is 0 Å². The highest BCUT2D eigenvalue weighted by atomic mass is 35.5. The molecule has 1 heterocycles. The molecule has 1 amide bonds. The Morgan fingerprint density at radius 1 is 1.52 bits per heavy atom. The van der Waals surface area contributed by atoms with E-state index in [0.717, 1.165) is 5.57 Å². The molecule has 1 aromatic carbocycles. The summed E-state index contributed by atoms with van der Waals surface area (Å²) in [5, 5.41) is 20.9. The van der Waals surface area contributed by atoms with Gasteiger partial charge in [-0.3, -0.25) is 4.79 Å². The Bertz CT molecular complexity index is 770. The SMILES string of the molecule is C=CN(C1=C(C)CC(CC#N)NC1=O)c1ccc(C#N)c(Cl)c1. The number of nitrogens with one attached hydrogen (secondary N) is 1. The lowest BCUT2D eigenvalue weighted by Crippen LogP contribution is -2.44. The lowest BCUT2D eigenvalue weighted by Gasteiger charge is -2.31. The molecule has 0 saturated carbocycles. The van der Waals surface area contributed by atoms with Crippen LogP contribution in [-0.2, 0) is 4.79 Å². The zero-order valence-electron chi connectivity index (χ0n) is 12.6. The largest absolute Gasteiger partial charge is 0.347 e. The maximum atomic E-state index is 12.4. The van der Waals surface area contributed by atoms with Crippen LogP contribution in [0.4, 0.5) is 5.69 Å². The quantitative estimate of drug-likeness (QED) is 0.921. The molecule has 0 aliphatic carbocycles. The van der Waals surface area contributed by atoms with E-state index < -0.39 is 0 Å². The van der Waals surface area contributed by atoms with Crippen molar-refractivity contribution in [1.29, 1.82) is 10.5 Å². The fourth-order valence-electron chi connectivity index (χ4n) is 2.58. The second-order valence-corrected chi connectivity index (χ2v) is 5.60. The van der Waals surface area contributed by atoms with E-state index in [1.54, 1.807) is 23.1 Å². The van der Waals surface area contributed by atoms with Crippen molar-refractivity contribution in [3.63, 3.8) is 0 Å². The second kappa shape index (κ2) is 7.00. The zero-order valence-corrected chi connectivity index (χ0v) is 13.4. The molecule has 1 aromatic rings. The van der Waals surface area contributed by atoms with Gasteiger partial charge in [-0.15, -0.1) is 0 Å². The number of benzene rings is 1. The van der Waals surface area contributed by atoms with Gasteiger partial charge < -0.3 is 10.2 Å². The smallest absolute Gasteiger partial charge is 0.268 e. The maximum Gasteiger partial charge on any atom is 0.268 e. The van der Waals surface area contributed by atoms with Gasteiger partial charge in [0.25, 0.3) is 5.91 Å². The minimum absolute atomic E-state index is 0.174. The normalized spacial score (nSPS) is 17.0. The molecule has 23 heavy (non-hydrogen) atoms. The molecular weight excluding hydrogens is 312 g/mol. The molecule has 0 fully saturated rings. The molecule has 0 saturated heterocycles. The molecule has 1 atom stereocenters. The minimum atomic E-state index is -0.255. The van der Waals surface area contributed by atoms with Crippen LogP contribution in [0.15, 0.2) is 42.2 Å². The van der Waals surface area contributed by atoms with Crippen LogP contribution in [0.25, 0.3) is 0 Å². The van der Waals surface area contributed by atoms with Crippen LogP contribution in [0.5, 0.6) is 0 Å². The molecule has 0 radical (unpaired) electrons. The van der Waals surface area contributed by atoms with Gasteiger partial charge in [-0.2, -0.15) is 10.5 Å². The number of nitrogens with zero attached hydrogens (tertiary/aromatic N) is 3. The molecule has 6 heteroatoms. The van der Waals surface area contributed by atoms with Crippen molar-refractivity contribution in [3.05, 3.63) is 52.8 Å². The van der Waals surface area contributed by atoms with Crippen molar-refractivity contribution in [2.24, 2.45) is 0 Å². The third-order valence-electron chi connectivity index (χ3n) is 3.62. The Kier molecular flexibility index (Phi) is 5.05. The number of hydrogen-bond donors (Lipinski definition) is 1. The molecule has 116 valence electrons. The molecule has 1 unspecified atom stereocenters. The first-order valence-electron chi connectivity index (χ1n) is 7.00. The topological polar surface area (TPSA) is 79.9 Å². The van der Waals surface area contributed by atoms with Gasteiger partial charge in [-0.05, 0) is 37.1 Å². The molecule has 0 aromatic heterocycles. The van der Waals surface area contributed by atoms with Gasteiger partial charge in [0, 0.05) is 17.9 Å². The van der Waals surface area contributed by atoms with Crippen LogP contribution >= 0.6 is 11.6 Å². The van der Waals surface area contributed by atoms with E-state index in [1.807, 2.05) is 13.0 Å². The first-order valence-corrected chi connectivity index (χ1v) is 7.38. The lowest BCUT2D eigenvalue weighted by atomic mass is 9.97. The van der Waals surface area contributed by atoms with Gasteiger partial charge in [0.1, 0.15) is 11.8 Å². The summed E-state index contributed by atoms with van der Waals surface area (Å²) in [6.45, 7) is 5.62. The van der Waals surface area contributed by atoms with Gasteiger partial charge in [-0.1, -0.05) is 18.2 Å². The summed E-state index contributed by atoms with van der Waals surface area (Å²) in [6, 6.07) is 8.83. The maximum absolute atomic E-state index is 12.4. The fraction of sp³-hybridized carbons (Fsp3) is 0.235. The van der Waals surface area contributed by atoms with Crippen molar-refractivity contribution in [3.8, 4) is 12.1 Å². The molecule has 1 N–H and O–H groups in total. The summed E-state index contributed by atoms with van der Waals surface area (Å²) < 4.78 is 0. The predicted octanol–water partition coefficient (Wildman–Crippen LogP) is 3.24. The number of amides is 1. The van der Waals surface area contributed by atoms with Crippen molar-refractivity contribution >= 4 is 23.2 Å². The summed E-state index contributed by atoms with van der Waals surface area (Å²) >= 11 is 6.07. The Morgan fingerprint density at radius 3 is 2.78 bits per heavy atom. The summed E-state index contributed by atoms with van der Waals surface area (Å²) in [4.78, 5) is 14.1. The first-order chi connectivity index (χ1) is 11.0. The van der Waals surface area contributed by atoms with E-state index >= 15 is 0 Å². The average molecular weight is 327 g/mol. The third-order valence-corrected chi connectivity index (χ3v) is 3.93. The molecular formula is C17H15ClN4O. The summed E-state index contributed by atoms with van der Waals surface area (Å²) in [5.74, 6) is -0.255. The van der Waals surface area contributed by atoms with Crippen LogP contribution in [0.2, 0.25) is 5.02 Å². The summed E-state index contributed by atoms with van der Waals surface area (Å²) in [5.41, 5.74) is 2.35. The van der Waals surface area contributed by atoms with Gasteiger partial charge in [0.05, 0.1) is 23.1 Å². The molecule has 1 aliphatic rings. The van der Waals surface area contributed by atoms with E-state index in [1.165, 1.54) is 6.20 Å². The van der Waals surface area contributed by atoms with Crippen LogP contribution in [-0.4, -0.2) is 11.9 Å². The molecule has 2 rings (SSSR count). The van der Waals surface area contributed by atoms with E-state index in [-0.39, 0.29) is 18.4 Å². The highest BCUT2D eigenvalue weighted by Crippen LogP contribution is 2.30. The summed E-state index contributed by atoms with van der Waals surface area (Å²) in [7, 11) is 0. The van der Waals surface area contributed by atoms with Crippen LogP contribution in [0.3, 0.4) is 0 Å². The monoisotopic (exact) mass is 326 g/mol. The number of rotatable bonds is 4. The molecule has 5 nitrogen and oxygen atoms in total. The number of nitriles is 2. The Balaban J connectivity index is 2.41. The van der Waals surface area contributed by atoms with Gasteiger partial charge in [-0.25, -0.2) is 0 Å². The Morgan fingerprint density at radius 2 is 2.26 bits per heavy atom. The van der Waals surface area contributed by atoms with Crippen molar-refractivity contribution in [1.82, 2.24) is 5.32 Å².